The average molecular weight is 409 g/mol. The molecule has 30 heavy (non-hydrogen) atoms. The number of ether oxygens (including phenoxy) is 2. The molecule has 1 N–H and O–H groups in total. The number of amides is 2. The topological polar surface area (TPSA) is 111 Å². The molecule has 0 aromatic heterocycles. The van der Waals surface area contributed by atoms with Crippen molar-refractivity contribution in [3.05, 3.63) is 76.5 Å². The zero-order valence-electron chi connectivity index (χ0n) is 16.4. The van der Waals surface area contributed by atoms with Crippen LogP contribution in [0.5, 0.6) is 11.5 Å². The lowest BCUT2D eigenvalue weighted by atomic mass is 10.0. The number of nitrogens with one attached hydrogen (secondary N) is 1. The summed E-state index contributed by atoms with van der Waals surface area (Å²) < 4.78 is 10.5. The lowest BCUT2D eigenvalue weighted by molar-refractivity contribution is -0.384. The first kappa shape index (κ1) is 20.6. The van der Waals surface area contributed by atoms with Crippen LogP contribution in [0.15, 0.2) is 60.8 Å². The second kappa shape index (κ2) is 8.48. The monoisotopic (exact) mass is 409 g/mol. The van der Waals surface area contributed by atoms with E-state index < -0.39 is 16.7 Å². The van der Waals surface area contributed by atoms with Gasteiger partial charge in [0.25, 0.3) is 17.5 Å². The Kier molecular flexibility index (Phi) is 5.82. The summed E-state index contributed by atoms with van der Waals surface area (Å²) in [5.41, 5.74) is 0.890. The van der Waals surface area contributed by atoms with Crippen molar-refractivity contribution in [2.24, 2.45) is 0 Å². The highest BCUT2D eigenvalue weighted by atomic mass is 16.6. The quantitative estimate of drug-likeness (QED) is 0.309. The van der Waals surface area contributed by atoms with Crippen molar-refractivity contribution >= 4 is 28.8 Å². The minimum atomic E-state index is -0.536. The number of non-ortho nitro benzene ring substituents is 1. The number of methoxy groups -OCH3 is 2. The van der Waals surface area contributed by atoms with E-state index in [1.807, 2.05) is 0 Å². The maximum atomic E-state index is 12.9. The number of nitrogens with zero attached hydrogens (tertiary/aromatic N) is 2. The molecule has 0 saturated heterocycles. The van der Waals surface area contributed by atoms with Gasteiger partial charge in [0.15, 0.2) is 0 Å². The standard InChI is InChI=1S/C21H19N3O6/c1-4-9-23-20(25)18(13-5-7-15(8-6-13)24(27)28)19(21(23)26)22-14-10-16(29-2)12-17(11-14)30-3/h4-8,10-12,22H,1,9H2,2-3H3. The van der Waals surface area contributed by atoms with Crippen molar-refractivity contribution in [2.45, 2.75) is 0 Å². The Labute approximate surface area is 172 Å². The summed E-state index contributed by atoms with van der Waals surface area (Å²) in [6, 6.07) is 10.4. The molecular weight excluding hydrogens is 390 g/mol. The Hall–Kier alpha value is -4.14. The molecule has 1 aliphatic heterocycles. The zero-order chi connectivity index (χ0) is 21.8. The van der Waals surface area contributed by atoms with Crippen LogP contribution in [-0.4, -0.2) is 42.4 Å². The number of rotatable bonds is 8. The van der Waals surface area contributed by atoms with E-state index in [0.717, 1.165) is 4.90 Å². The third-order valence-electron chi connectivity index (χ3n) is 4.47. The maximum Gasteiger partial charge on any atom is 0.278 e. The molecule has 0 aliphatic carbocycles. The Bertz CT molecular complexity index is 1040. The van der Waals surface area contributed by atoms with Crippen molar-refractivity contribution in [3.8, 4) is 11.5 Å². The van der Waals surface area contributed by atoms with Crippen molar-refractivity contribution in [1.29, 1.82) is 0 Å². The summed E-state index contributed by atoms with van der Waals surface area (Å²) >= 11 is 0. The third-order valence-corrected chi connectivity index (χ3v) is 4.47. The molecule has 0 spiro atoms. The van der Waals surface area contributed by atoms with E-state index >= 15 is 0 Å². The summed E-state index contributed by atoms with van der Waals surface area (Å²) in [4.78, 5) is 37.3. The molecule has 0 atom stereocenters. The van der Waals surface area contributed by atoms with E-state index in [4.69, 9.17) is 9.47 Å². The number of anilines is 1. The summed E-state index contributed by atoms with van der Waals surface area (Å²) in [5.74, 6) is -0.0655. The highest BCUT2D eigenvalue weighted by molar-refractivity contribution is 6.36. The number of carbonyl (C=O) groups excluding carboxylic acids is 2. The van der Waals surface area contributed by atoms with Crippen LogP contribution in [-0.2, 0) is 9.59 Å². The van der Waals surface area contributed by atoms with Gasteiger partial charge in [0.05, 0.1) is 24.7 Å². The smallest absolute Gasteiger partial charge is 0.278 e. The molecule has 0 fully saturated rings. The van der Waals surface area contributed by atoms with E-state index in [1.165, 1.54) is 44.6 Å². The van der Waals surface area contributed by atoms with Crippen LogP contribution in [0.3, 0.4) is 0 Å². The van der Waals surface area contributed by atoms with Crippen LogP contribution in [0.1, 0.15) is 5.56 Å². The van der Waals surface area contributed by atoms with Crippen molar-refractivity contribution in [2.75, 3.05) is 26.1 Å². The fraction of sp³-hybridized carbons (Fsp3) is 0.143. The number of carbonyl (C=O) groups is 2. The number of nitro groups is 1. The molecule has 9 heteroatoms. The molecule has 1 heterocycles. The summed E-state index contributed by atoms with van der Waals surface area (Å²) in [7, 11) is 2.99. The van der Waals surface area contributed by atoms with Crippen LogP contribution in [0.2, 0.25) is 0 Å². The molecule has 0 unspecified atom stereocenters. The van der Waals surface area contributed by atoms with Gasteiger partial charge < -0.3 is 14.8 Å². The van der Waals surface area contributed by atoms with E-state index in [-0.39, 0.29) is 23.5 Å². The molecule has 0 bridgehead atoms. The SMILES string of the molecule is C=CCN1C(=O)C(Nc2cc(OC)cc(OC)c2)=C(c2ccc([N+](=O)[O-])cc2)C1=O. The van der Waals surface area contributed by atoms with E-state index in [9.17, 15) is 19.7 Å². The molecular formula is C21H19N3O6. The number of nitro benzene ring substituents is 1. The van der Waals surface area contributed by atoms with E-state index in [2.05, 4.69) is 11.9 Å². The fourth-order valence-corrected chi connectivity index (χ4v) is 3.03. The highest BCUT2D eigenvalue weighted by Gasteiger charge is 2.38. The lowest BCUT2D eigenvalue weighted by Crippen LogP contribution is -2.32. The zero-order valence-corrected chi connectivity index (χ0v) is 16.4. The molecule has 0 radical (unpaired) electrons. The second-order valence-electron chi connectivity index (χ2n) is 6.29. The molecule has 0 saturated carbocycles. The van der Waals surface area contributed by atoms with Gasteiger partial charge in [-0.2, -0.15) is 0 Å². The summed E-state index contributed by atoms with van der Waals surface area (Å²) in [6.07, 6.45) is 1.45. The molecule has 3 rings (SSSR count). The first-order valence-electron chi connectivity index (χ1n) is 8.86. The van der Waals surface area contributed by atoms with Gasteiger partial charge in [-0.25, -0.2) is 0 Å². The van der Waals surface area contributed by atoms with Gasteiger partial charge in [0.1, 0.15) is 17.2 Å². The van der Waals surface area contributed by atoms with Crippen molar-refractivity contribution < 1.29 is 24.0 Å². The second-order valence-corrected chi connectivity index (χ2v) is 6.29. The number of hydrogen-bond acceptors (Lipinski definition) is 7. The van der Waals surface area contributed by atoms with E-state index in [0.29, 0.717) is 22.7 Å². The third kappa shape index (κ3) is 3.86. The van der Waals surface area contributed by atoms with Gasteiger partial charge in [-0.15, -0.1) is 6.58 Å². The molecule has 2 aromatic rings. The molecule has 2 amide bonds. The Balaban J connectivity index is 2.09. The van der Waals surface area contributed by atoms with Crippen molar-refractivity contribution in [1.82, 2.24) is 4.90 Å². The molecule has 154 valence electrons. The normalized spacial score (nSPS) is 13.5. The Morgan fingerprint density at radius 2 is 1.67 bits per heavy atom. The van der Waals surface area contributed by atoms with Crippen LogP contribution in [0, 0.1) is 10.1 Å². The first-order chi connectivity index (χ1) is 14.4. The molecule has 1 aliphatic rings. The number of imide groups is 1. The minimum absolute atomic E-state index is 0.0285. The maximum absolute atomic E-state index is 12.9. The van der Waals surface area contributed by atoms with Gasteiger partial charge in [0.2, 0.25) is 0 Å². The van der Waals surface area contributed by atoms with Crippen LogP contribution in [0.4, 0.5) is 11.4 Å². The highest BCUT2D eigenvalue weighted by Crippen LogP contribution is 2.33. The van der Waals surface area contributed by atoms with Gasteiger partial charge in [-0.3, -0.25) is 24.6 Å². The van der Waals surface area contributed by atoms with Crippen LogP contribution >= 0.6 is 0 Å². The van der Waals surface area contributed by atoms with Crippen LogP contribution in [0.25, 0.3) is 5.57 Å². The average Bonchev–Trinajstić information content (AvgIpc) is 2.98. The van der Waals surface area contributed by atoms with E-state index in [1.54, 1.807) is 18.2 Å². The predicted molar refractivity (Wildman–Crippen MR) is 110 cm³/mol. The number of hydrogen-bond donors (Lipinski definition) is 1. The summed E-state index contributed by atoms with van der Waals surface area (Å²) in [6.45, 7) is 3.61. The minimum Gasteiger partial charge on any atom is -0.497 e. The van der Waals surface area contributed by atoms with Gasteiger partial charge in [0, 0.05) is 42.6 Å². The lowest BCUT2D eigenvalue weighted by Gasteiger charge is -2.13. The van der Waals surface area contributed by atoms with Crippen molar-refractivity contribution in [3.63, 3.8) is 0 Å². The summed E-state index contributed by atoms with van der Waals surface area (Å²) in [5, 5.41) is 13.9. The number of benzene rings is 2. The van der Waals surface area contributed by atoms with Gasteiger partial charge in [-0.05, 0) is 17.7 Å². The van der Waals surface area contributed by atoms with Crippen LogP contribution < -0.4 is 14.8 Å². The first-order valence-corrected chi connectivity index (χ1v) is 8.86. The molecule has 2 aromatic carbocycles. The van der Waals surface area contributed by atoms with Gasteiger partial charge >= 0.3 is 0 Å². The Morgan fingerprint density at radius 1 is 1.07 bits per heavy atom. The van der Waals surface area contributed by atoms with Gasteiger partial charge in [-0.1, -0.05) is 6.08 Å². The molecule has 9 nitrogen and oxygen atoms in total. The fourth-order valence-electron chi connectivity index (χ4n) is 3.03. The predicted octanol–water partition coefficient (Wildman–Crippen LogP) is 2.99. The largest absolute Gasteiger partial charge is 0.497 e. The Morgan fingerprint density at radius 3 is 2.17 bits per heavy atom.